The van der Waals surface area contributed by atoms with Crippen LogP contribution in [0.25, 0.3) is 0 Å². The maximum atomic E-state index is 13.4. The molecule has 0 bridgehead atoms. The molecule has 0 saturated heterocycles. The third-order valence-corrected chi connectivity index (χ3v) is 8.48. The van der Waals surface area contributed by atoms with Crippen LogP contribution in [0.5, 0.6) is 0 Å². The first-order valence-electron chi connectivity index (χ1n) is 22.0. The number of alkyl carbamates (subject to hydrolysis) is 1. The summed E-state index contributed by atoms with van der Waals surface area (Å²) >= 11 is 0. The van der Waals surface area contributed by atoms with Crippen molar-refractivity contribution in [1.29, 1.82) is 0 Å². The van der Waals surface area contributed by atoms with E-state index in [1.54, 1.807) is 20.8 Å². The number of carbonyl (C=O) groups is 10. The van der Waals surface area contributed by atoms with Crippen molar-refractivity contribution in [3.63, 3.8) is 0 Å². The van der Waals surface area contributed by atoms with E-state index >= 15 is 0 Å². The quantitative estimate of drug-likeness (QED) is 0.0193. The number of carbonyl (C=O) groups excluding carboxylic acids is 10. The van der Waals surface area contributed by atoms with E-state index in [0.29, 0.717) is 0 Å². The Morgan fingerprint density at radius 1 is 0.368 bits per heavy atom. The predicted molar refractivity (Wildman–Crippen MR) is 237 cm³/mol. The molecule has 7 N–H and O–H groups in total. The van der Waals surface area contributed by atoms with Gasteiger partial charge in [-0.2, -0.15) is 0 Å². The van der Waals surface area contributed by atoms with Crippen LogP contribution in [0, 0.1) is 0 Å². The lowest BCUT2D eigenvalue weighted by Gasteiger charge is -2.34. The van der Waals surface area contributed by atoms with Crippen molar-refractivity contribution >= 4 is 59.4 Å². The van der Waals surface area contributed by atoms with Gasteiger partial charge < -0.3 is 79.8 Å². The number of rotatable bonds is 39. The van der Waals surface area contributed by atoms with Gasteiger partial charge in [0.1, 0.15) is 11.1 Å². The van der Waals surface area contributed by atoms with Crippen LogP contribution in [-0.4, -0.2) is 197 Å². The summed E-state index contributed by atoms with van der Waals surface area (Å²) in [7, 11) is 3.66. The van der Waals surface area contributed by atoms with E-state index in [1.165, 1.54) is 21.3 Å². The molecule has 26 heteroatoms. The lowest BCUT2D eigenvalue weighted by molar-refractivity contribution is -0.141. The Kier molecular flexibility index (Phi) is 35.1. The highest BCUT2D eigenvalue weighted by atomic mass is 16.6. The zero-order chi connectivity index (χ0) is 51.1. The standard InChI is InChI=1S/C42H73N7O19/c1-41(2,3)68-40(59)47-19-24-64-26-25-63-23-18-46-31(50)7-8-32(51)48-27-36(55)49-42(28-65-20-12-33(52)43-15-9-37(56)60-4,29-66-21-13-34(53)44-16-10-38(57)61-5)30-67-22-14-35(54)45-17-11-39(58)62-6/h7-30H2,1-6H3,(H,43,52)(H,44,53)(H,45,54)(H,46,50)(H,47,59)(H,48,51)(H,49,55). The highest BCUT2D eigenvalue weighted by Crippen LogP contribution is 2.11. The minimum absolute atomic E-state index is 0.0303. The summed E-state index contributed by atoms with van der Waals surface area (Å²) in [6.07, 6.45) is -1.56. The second-order valence-electron chi connectivity index (χ2n) is 15.5. The zero-order valence-electron chi connectivity index (χ0n) is 40.2. The van der Waals surface area contributed by atoms with E-state index in [0.717, 1.165) is 0 Å². The Bertz CT molecular complexity index is 1460. The van der Waals surface area contributed by atoms with Gasteiger partial charge in [0.05, 0.1) is 113 Å². The minimum atomic E-state index is -1.53. The molecule has 0 aliphatic heterocycles. The van der Waals surface area contributed by atoms with Crippen molar-refractivity contribution in [1.82, 2.24) is 37.2 Å². The molecule has 0 aromatic rings. The van der Waals surface area contributed by atoms with Crippen molar-refractivity contribution in [3.05, 3.63) is 0 Å². The molecule has 0 fully saturated rings. The largest absolute Gasteiger partial charge is 0.469 e. The molecule has 0 unspecified atom stereocenters. The molecular weight excluding hydrogens is 906 g/mol. The van der Waals surface area contributed by atoms with E-state index in [1.807, 2.05) is 0 Å². The summed E-state index contributed by atoms with van der Waals surface area (Å²) in [4.78, 5) is 121. The number of methoxy groups -OCH3 is 3. The smallest absolute Gasteiger partial charge is 0.407 e. The molecule has 0 radical (unpaired) electrons. The zero-order valence-corrected chi connectivity index (χ0v) is 40.2. The molecule has 7 amide bonds. The van der Waals surface area contributed by atoms with Crippen LogP contribution in [0.3, 0.4) is 0 Å². The molecule has 0 aliphatic carbocycles. The van der Waals surface area contributed by atoms with Gasteiger partial charge in [-0.15, -0.1) is 0 Å². The van der Waals surface area contributed by atoms with Gasteiger partial charge in [-0.05, 0) is 20.8 Å². The topological polar surface area (TPSA) is 338 Å². The van der Waals surface area contributed by atoms with Crippen LogP contribution < -0.4 is 37.2 Å². The van der Waals surface area contributed by atoms with Gasteiger partial charge >= 0.3 is 24.0 Å². The van der Waals surface area contributed by atoms with Crippen LogP contribution in [0.2, 0.25) is 0 Å². The maximum absolute atomic E-state index is 13.4. The molecular formula is C42H73N7O19. The van der Waals surface area contributed by atoms with Crippen LogP contribution in [0.1, 0.15) is 72.1 Å². The number of ether oxygens (including phenoxy) is 9. The first kappa shape index (κ1) is 62.3. The second-order valence-corrected chi connectivity index (χ2v) is 15.5. The Morgan fingerprint density at radius 3 is 1.10 bits per heavy atom. The summed E-state index contributed by atoms with van der Waals surface area (Å²) in [5.41, 5.74) is -2.13. The average Bonchev–Trinajstić information content (AvgIpc) is 3.29. The van der Waals surface area contributed by atoms with E-state index in [-0.39, 0.29) is 150 Å². The molecule has 0 aliphatic rings. The molecule has 0 aromatic heterocycles. The fraction of sp³-hybridized carbons (Fsp3) is 0.762. The Hall–Kier alpha value is -5.70. The van der Waals surface area contributed by atoms with Crippen LogP contribution in [0.15, 0.2) is 0 Å². The fourth-order valence-corrected chi connectivity index (χ4v) is 5.06. The number of nitrogens with one attached hydrogen (secondary N) is 7. The van der Waals surface area contributed by atoms with Crippen LogP contribution in [0.4, 0.5) is 4.79 Å². The Balaban J connectivity index is 5.37. The first-order chi connectivity index (χ1) is 32.3. The Labute approximate surface area is 396 Å². The van der Waals surface area contributed by atoms with E-state index < -0.39 is 77.1 Å². The van der Waals surface area contributed by atoms with E-state index in [2.05, 4.69) is 51.4 Å². The van der Waals surface area contributed by atoms with Crippen molar-refractivity contribution in [2.45, 2.75) is 83.3 Å². The van der Waals surface area contributed by atoms with Gasteiger partial charge in [-0.25, -0.2) is 4.79 Å². The third-order valence-electron chi connectivity index (χ3n) is 8.48. The lowest BCUT2D eigenvalue weighted by atomic mass is 10.0. The lowest BCUT2D eigenvalue weighted by Crippen LogP contribution is -2.60. The summed E-state index contributed by atoms with van der Waals surface area (Å²) in [6.45, 7) is 4.66. The number of amides is 7. The average molecular weight is 980 g/mol. The van der Waals surface area contributed by atoms with Crippen LogP contribution >= 0.6 is 0 Å². The highest BCUT2D eigenvalue weighted by molar-refractivity contribution is 5.87. The number of esters is 3. The highest BCUT2D eigenvalue weighted by Gasteiger charge is 2.34. The first-order valence-corrected chi connectivity index (χ1v) is 22.0. The predicted octanol–water partition coefficient (Wildman–Crippen LogP) is -2.33. The fourth-order valence-electron chi connectivity index (χ4n) is 5.06. The van der Waals surface area contributed by atoms with E-state index in [9.17, 15) is 47.9 Å². The molecule has 0 heterocycles. The van der Waals surface area contributed by atoms with Crippen LogP contribution in [-0.2, 0) is 85.8 Å². The molecule has 0 saturated carbocycles. The van der Waals surface area contributed by atoms with Gasteiger partial charge in [0.15, 0.2) is 0 Å². The number of hydrogen-bond acceptors (Lipinski definition) is 19. The Morgan fingerprint density at radius 2 is 0.721 bits per heavy atom. The summed E-state index contributed by atoms with van der Waals surface area (Å²) in [5, 5.41) is 18.0. The third kappa shape index (κ3) is 37.4. The minimum Gasteiger partial charge on any atom is -0.469 e. The van der Waals surface area contributed by atoms with Gasteiger partial charge in [-0.3, -0.25) is 43.2 Å². The van der Waals surface area contributed by atoms with Crippen molar-refractivity contribution in [2.75, 3.05) is 127 Å². The van der Waals surface area contributed by atoms with Gasteiger partial charge in [-0.1, -0.05) is 0 Å². The monoisotopic (exact) mass is 979 g/mol. The molecule has 26 nitrogen and oxygen atoms in total. The number of hydrogen-bond donors (Lipinski definition) is 7. The van der Waals surface area contributed by atoms with Crippen molar-refractivity contribution in [2.24, 2.45) is 0 Å². The summed E-state index contributed by atoms with van der Waals surface area (Å²) < 4.78 is 47.0. The molecule has 390 valence electrons. The van der Waals surface area contributed by atoms with Gasteiger partial charge in [0, 0.05) is 64.8 Å². The van der Waals surface area contributed by atoms with E-state index in [4.69, 9.17) is 28.4 Å². The van der Waals surface area contributed by atoms with Gasteiger partial charge in [0.2, 0.25) is 35.4 Å². The van der Waals surface area contributed by atoms with Gasteiger partial charge in [0.25, 0.3) is 0 Å². The molecule has 0 aromatic carbocycles. The SMILES string of the molecule is COC(=O)CCNC(=O)CCOCC(COCCC(=O)NCCC(=O)OC)(COCCC(=O)NCCC(=O)OC)NC(=O)CNC(=O)CCC(=O)NCCOCCOCCNC(=O)OC(C)(C)C. The normalized spacial score (nSPS) is 11.0. The summed E-state index contributed by atoms with van der Waals surface area (Å²) in [6, 6.07) is 0. The summed E-state index contributed by atoms with van der Waals surface area (Å²) in [5.74, 6) is -4.65. The molecule has 0 rings (SSSR count). The second kappa shape index (κ2) is 38.3. The maximum Gasteiger partial charge on any atom is 0.407 e. The van der Waals surface area contributed by atoms with Crippen molar-refractivity contribution in [3.8, 4) is 0 Å². The molecule has 0 spiro atoms. The molecule has 0 atom stereocenters. The molecule has 68 heavy (non-hydrogen) atoms. The van der Waals surface area contributed by atoms with Crippen molar-refractivity contribution < 1.29 is 90.6 Å².